The molecule has 1 aliphatic heterocycles. The van der Waals surface area contributed by atoms with Crippen molar-refractivity contribution in [3.05, 3.63) is 11.1 Å². The van der Waals surface area contributed by atoms with E-state index in [1.807, 2.05) is 0 Å². The summed E-state index contributed by atoms with van der Waals surface area (Å²) < 4.78 is 10.3. The first-order chi connectivity index (χ1) is 8.74. The predicted octanol–water partition coefficient (Wildman–Crippen LogP) is 1.93. The first-order valence-corrected chi connectivity index (χ1v) is 7.03. The van der Waals surface area contributed by atoms with E-state index in [4.69, 9.17) is 9.47 Å². The van der Waals surface area contributed by atoms with Crippen molar-refractivity contribution < 1.29 is 14.3 Å². The normalized spacial score (nSPS) is 19.9. The molecule has 1 atom stereocenters. The molecule has 5 nitrogen and oxygen atoms in total. The van der Waals surface area contributed by atoms with E-state index in [9.17, 15) is 4.79 Å². The van der Waals surface area contributed by atoms with Gasteiger partial charge in [-0.25, -0.2) is 9.78 Å². The second-order valence-electron chi connectivity index (χ2n) is 4.18. The molecule has 1 aliphatic rings. The number of thiazole rings is 1. The van der Waals surface area contributed by atoms with E-state index in [0.717, 1.165) is 31.1 Å². The van der Waals surface area contributed by atoms with Gasteiger partial charge < -0.3 is 14.4 Å². The molecule has 100 valence electrons. The fraction of sp³-hybridized carbons (Fsp3) is 0.667. The fourth-order valence-corrected chi connectivity index (χ4v) is 2.84. The minimum atomic E-state index is -0.347. The van der Waals surface area contributed by atoms with E-state index in [1.165, 1.54) is 11.3 Å². The molecule has 0 amide bonds. The van der Waals surface area contributed by atoms with Crippen LogP contribution in [0, 0.1) is 0 Å². The summed E-state index contributed by atoms with van der Waals surface area (Å²) >= 11 is 1.48. The van der Waals surface area contributed by atoms with Gasteiger partial charge in [-0.15, -0.1) is 11.3 Å². The lowest BCUT2D eigenvalue weighted by atomic mass is 10.1. The van der Waals surface area contributed by atoms with Crippen LogP contribution < -0.4 is 4.90 Å². The summed E-state index contributed by atoms with van der Waals surface area (Å²) in [4.78, 5) is 18.0. The second-order valence-corrected chi connectivity index (χ2v) is 5.02. The Morgan fingerprint density at radius 2 is 2.50 bits per heavy atom. The zero-order chi connectivity index (χ0) is 13.0. The minimum absolute atomic E-state index is 0.258. The number of esters is 1. The predicted molar refractivity (Wildman–Crippen MR) is 70.3 cm³/mol. The van der Waals surface area contributed by atoms with Gasteiger partial charge in [-0.2, -0.15) is 0 Å². The van der Waals surface area contributed by atoms with Crippen LogP contribution in [0.4, 0.5) is 5.13 Å². The maximum Gasteiger partial charge on any atom is 0.357 e. The van der Waals surface area contributed by atoms with Crippen LogP contribution in [0.3, 0.4) is 0 Å². The van der Waals surface area contributed by atoms with Crippen LogP contribution in [0.1, 0.15) is 30.3 Å². The van der Waals surface area contributed by atoms with Crippen molar-refractivity contribution in [1.29, 1.82) is 0 Å². The molecule has 1 aromatic rings. The molecule has 1 fully saturated rings. The van der Waals surface area contributed by atoms with Crippen molar-refractivity contribution in [2.45, 2.75) is 25.9 Å². The quantitative estimate of drug-likeness (QED) is 0.783. The number of rotatable bonds is 4. The molecule has 1 aromatic heterocycles. The van der Waals surface area contributed by atoms with Crippen LogP contribution in [0.2, 0.25) is 0 Å². The lowest BCUT2D eigenvalue weighted by Crippen LogP contribution is -2.39. The van der Waals surface area contributed by atoms with E-state index in [-0.39, 0.29) is 12.1 Å². The van der Waals surface area contributed by atoms with Gasteiger partial charge in [0.2, 0.25) is 0 Å². The third kappa shape index (κ3) is 3.00. The molecular formula is C12H18N2O3S. The molecule has 2 rings (SSSR count). The molecule has 0 aliphatic carbocycles. The van der Waals surface area contributed by atoms with Gasteiger partial charge in [0.05, 0.1) is 12.7 Å². The summed E-state index contributed by atoms with van der Waals surface area (Å²) in [6.07, 6.45) is 2.43. The number of anilines is 1. The molecule has 18 heavy (non-hydrogen) atoms. The van der Waals surface area contributed by atoms with Crippen molar-refractivity contribution in [3.8, 4) is 0 Å². The van der Waals surface area contributed by atoms with Gasteiger partial charge in [-0.05, 0) is 19.8 Å². The molecule has 0 saturated carbocycles. The molecular weight excluding hydrogens is 252 g/mol. The number of hydrogen-bond acceptors (Lipinski definition) is 6. The average molecular weight is 270 g/mol. The number of piperidine rings is 1. The maximum absolute atomic E-state index is 11.5. The molecule has 0 unspecified atom stereocenters. The Bertz CT molecular complexity index is 408. The largest absolute Gasteiger partial charge is 0.461 e. The summed E-state index contributed by atoms with van der Waals surface area (Å²) in [7, 11) is 1.74. The number of hydrogen-bond donors (Lipinski definition) is 0. The molecule has 0 radical (unpaired) electrons. The van der Waals surface area contributed by atoms with E-state index >= 15 is 0 Å². The summed E-state index contributed by atoms with van der Waals surface area (Å²) in [5.74, 6) is -0.347. The molecule has 6 heteroatoms. The van der Waals surface area contributed by atoms with Gasteiger partial charge in [0.25, 0.3) is 0 Å². The fourth-order valence-electron chi connectivity index (χ4n) is 2.01. The van der Waals surface area contributed by atoms with Crippen LogP contribution in [0.25, 0.3) is 0 Å². The molecule has 0 bridgehead atoms. The van der Waals surface area contributed by atoms with Crippen LogP contribution in [-0.4, -0.2) is 43.9 Å². The number of aromatic nitrogens is 1. The first kappa shape index (κ1) is 13.3. The van der Waals surface area contributed by atoms with Gasteiger partial charge in [0.1, 0.15) is 0 Å². The number of carbonyl (C=O) groups is 1. The first-order valence-electron chi connectivity index (χ1n) is 6.15. The topological polar surface area (TPSA) is 51.7 Å². The van der Waals surface area contributed by atoms with Crippen LogP contribution in [0.5, 0.6) is 0 Å². The van der Waals surface area contributed by atoms with E-state index in [2.05, 4.69) is 9.88 Å². The minimum Gasteiger partial charge on any atom is -0.461 e. The highest BCUT2D eigenvalue weighted by molar-refractivity contribution is 7.13. The van der Waals surface area contributed by atoms with Gasteiger partial charge in [-0.3, -0.25) is 0 Å². The van der Waals surface area contributed by atoms with E-state index in [1.54, 1.807) is 19.4 Å². The van der Waals surface area contributed by atoms with Crippen LogP contribution in [-0.2, 0) is 9.47 Å². The van der Waals surface area contributed by atoms with Crippen molar-refractivity contribution in [2.75, 3.05) is 31.7 Å². The van der Waals surface area contributed by atoms with Gasteiger partial charge in [0.15, 0.2) is 10.8 Å². The standard InChI is InChI=1S/C12H18N2O3S/c1-3-17-11(15)10-8-18-12(13-10)14-6-4-5-9(7-14)16-2/h8-9H,3-7H2,1-2H3/t9-/m0/s1. The highest BCUT2D eigenvalue weighted by Gasteiger charge is 2.22. The van der Waals surface area contributed by atoms with Crippen LogP contribution in [0.15, 0.2) is 5.38 Å². The van der Waals surface area contributed by atoms with Gasteiger partial charge in [-0.1, -0.05) is 0 Å². The lowest BCUT2D eigenvalue weighted by molar-refractivity contribution is 0.0520. The summed E-state index contributed by atoms with van der Waals surface area (Å²) in [6.45, 7) is 3.97. The molecule has 2 heterocycles. The number of methoxy groups -OCH3 is 1. The lowest BCUT2D eigenvalue weighted by Gasteiger charge is -2.31. The molecule has 1 saturated heterocycles. The summed E-state index contributed by atoms with van der Waals surface area (Å²) in [6, 6.07) is 0. The van der Waals surface area contributed by atoms with Gasteiger partial charge in [0, 0.05) is 25.6 Å². The summed E-state index contributed by atoms with van der Waals surface area (Å²) in [5, 5.41) is 2.63. The Kier molecular flexibility index (Phi) is 4.54. The average Bonchev–Trinajstić information content (AvgIpc) is 2.89. The third-order valence-corrected chi connectivity index (χ3v) is 3.86. The Balaban J connectivity index is 2.03. The summed E-state index contributed by atoms with van der Waals surface area (Å²) in [5.41, 5.74) is 0.399. The van der Waals surface area contributed by atoms with Crippen molar-refractivity contribution in [3.63, 3.8) is 0 Å². The Labute approximate surface area is 111 Å². The number of carbonyl (C=O) groups excluding carboxylic acids is 1. The monoisotopic (exact) mass is 270 g/mol. The van der Waals surface area contributed by atoms with Crippen molar-refractivity contribution in [1.82, 2.24) is 4.98 Å². The molecule has 0 aromatic carbocycles. The Hall–Kier alpha value is -1.14. The van der Waals surface area contributed by atoms with E-state index < -0.39 is 0 Å². The highest BCUT2D eigenvalue weighted by atomic mass is 32.1. The van der Waals surface area contributed by atoms with E-state index in [0.29, 0.717) is 12.3 Å². The molecule has 0 spiro atoms. The Morgan fingerprint density at radius 1 is 1.67 bits per heavy atom. The smallest absolute Gasteiger partial charge is 0.357 e. The zero-order valence-corrected chi connectivity index (χ0v) is 11.5. The Morgan fingerprint density at radius 3 is 3.22 bits per heavy atom. The van der Waals surface area contributed by atoms with Crippen molar-refractivity contribution >= 4 is 22.4 Å². The number of nitrogens with zero attached hydrogens (tertiary/aromatic N) is 2. The highest BCUT2D eigenvalue weighted by Crippen LogP contribution is 2.25. The zero-order valence-electron chi connectivity index (χ0n) is 10.7. The van der Waals surface area contributed by atoms with Crippen LogP contribution >= 0.6 is 11.3 Å². The SMILES string of the molecule is CCOC(=O)c1csc(N2CCC[C@H](OC)C2)n1. The van der Waals surface area contributed by atoms with Crippen molar-refractivity contribution in [2.24, 2.45) is 0 Å². The molecule has 0 N–H and O–H groups in total. The second kappa shape index (κ2) is 6.15. The number of ether oxygens (including phenoxy) is 2. The maximum atomic E-state index is 11.5. The van der Waals surface area contributed by atoms with Gasteiger partial charge >= 0.3 is 5.97 Å². The third-order valence-electron chi connectivity index (χ3n) is 2.96.